The van der Waals surface area contributed by atoms with Crippen molar-refractivity contribution >= 4 is 39.3 Å². The molecule has 1 unspecified atom stereocenters. The topological polar surface area (TPSA) is 37.4 Å². The standard InChI is InChI=1S/C9H18INO2S/c1-3-4-6-11(2)9(12)8-14(13)7-5-10/h3-8H2,1-2H3. The van der Waals surface area contributed by atoms with Gasteiger partial charge in [-0.2, -0.15) is 0 Å². The maximum absolute atomic E-state index is 11.5. The van der Waals surface area contributed by atoms with Gasteiger partial charge in [-0.15, -0.1) is 0 Å². The minimum absolute atomic E-state index is 0.00151. The molecule has 0 aromatic heterocycles. The largest absolute Gasteiger partial charge is 0.345 e. The van der Waals surface area contributed by atoms with Crippen molar-refractivity contribution in [1.82, 2.24) is 4.90 Å². The van der Waals surface area contributed by atoms with Crippen LogP contribution in [0.4, 0.5) is 0 Å². The maximum Gasteiger partial charge on any atom is 0.234 e. The summed E-state index contributed by atoms with van der Waals surface area (Å²) >= 11 is 2.17. The molecule has 0 radical (unpaired) electrons. The molecular weight excluding hydrogens is 313 g/mol. The quantitative estimate of drug-likeness (QED) is 0.523. The zero-order valence-corrected chi connectivity index (χ0v) is 11.8. The highest BCUT2D eigenvalue weighted by Gasteiger charge is 2.11. The monoisotopic (exact) mass is 331 g/mol. The third-order valence-electron chi connectivity index (χ3n) is 1.86. The molecule has 0 saturated heterocycles. The lowest BCUT2D eigenvalue weighted by atomic mass is 10.3. The first-order chi connectivity index (χ1) is 6.61. The van der Waals surface area contributed by atoms with Crippen LogP contribution in [-0.2, 0) is 15.6 Å². The maximum atomic E-state index is 11.5. The molecule has 0 N–H and O–H groups in total. The SMILES string of the molecule is CCCCN(C)C(=O)CS(=O)CCI. The average Bonchev–Trinajstić information content (AvgIpc) is 2.14. The summed E-state index contributed by atoms with van der Waals surface area (Å²) in [5.41, 5.74) is 0. The first-order valence-corrected chi connectivity index (χ1v) is 7.78. The highest BCUT2D eigenvalue weighted by molar-refractivity contribution is 14.1. The molecule has 0 bridgehead atoms. The lowest BCUT2D eigenvalue weighted by Gasteiger charge is -2.16. The van der Waals surface area contributed by atoms with Crippen LogP contribution in [0, 0.1) is 0 Å². The molecular formula is C9H18INO2S. The molecule has 3 nitrogen and oxygen atoms in total. The van der Waals surface area contributed by atoms with Gasteiger partial charge in [-0.05, 0) is 6.42 Å². The van der Waals surface area contributed by atoms with Gasteiger partial charge in [0.25, 0.3) is 0 Å². The Bertz CT molecular complexity index is 199. The van der Waals surface area contributed by atoms with Crippen molar-refractivity contribution in [3.05, 3.63) is 0 Å². The van der Waals surface area contributed by atoms with Crippen LogP contribution < -0.4 is 0 Å². The van der Waals surface area contributed by atoms with E-state index in [0.29, 0.717) is 5.75 Å². The van der Waals surface area contributed by atoms with Gasteiger partial charge in [0.05, 0.1) is 0 Å². The summed E-state index contributed by atoms with van der Waals surface area (Å²) in [6.45, 7) is 2.86. The predicted octanol–water partition coefficient (Wildman–Crippen LogP) is 1.43. The Labute approximate surface area is 102 Å². The second kappa shape index (κ2) is 8.64. The number of hydrogen-bond acceptors (Lipinski definition) is 2. The van der Waals surface area contributed by atoms with E-state index in [9.17, 15) is 9.00 Å². The van der Waals surface area contributed by atoms with E-state index < -0.39 is 10.8 Å². The number of unbranched alkanes of at least 4 members (excludes halogenated alkanes) is 1. The average molecular weight is 331 g/mol. The third kappa shape index (κ3) is 6.75. The van der Waals surface area contributed by atoms with E-state index in [4.69, 9.17) is 0 Å². The summed E-state index contributed by atoms with van der Waals surface area (Å²) in [6, 6.07) is 0. The van der Waals surface area contributed by atoms with Crippen molar-refractivity contribution in [2.75, 3.05) is 29.5 Å². The van der Waals surface area contributed by atoms with E-state index in [-0.39, 0.29) is 11.7 Å². The number of carbonyl (C=O) groups excluding carboxylic acids is 1. The number of nitrogens with zero attached hydrogens (tertiary/aromatic N) is 1. The Kier molecular flexibility index (Phi) is 8.86. The second-order valence-electron chi connectivity index (χ2n) is 3.15. The van der Waals surface area contributed by atoms with Crippen LogP contribution in [0.2, 0.25) is 0 Å². The molecule has 0 aliphatic rings. The molecule has 14 heavy (non-hydrogen) atoms. The molecule has 5 heteroatoms. The Hall–Kier alpha value is 0.350. The van der Waals surface area contributed by atoms with Crippen molar-refractivity contribution in [2.24, 2.45) is 0 Å². The van der Waals surface area contributed by atoms with Gasteiger partial charge in [-0.1, -0.05) is 35.9 Å². The van der Waals surface area contributed by atoms with E-state index in [0.717, 1.165) is 23.8 Å². The number of alkyl halides is 1. The van der Waals surface area contributed by atoms with Crippen molar-refractivity contribution in [3.63, 3.8) is 0 Å². The summed E-state index contributed by atoms with van der Waals surface area (Å²) in [6.07, 6.45) is 2.09. The lowest BCUT2D eigenvalue weighted by Crippen LogP contribution is -2.32. The predicted molar refractivity (Wildman–Crippen MR) is 69.3 cm³/mol. The molecule has 0 aromatic carbocycles. The molecule has 1 atom stereocenters. The molecule has 1 amide bonds. The van der Waals surface area contributed by atoms with Gasteiger partial charge < -0.3 is 4.90 Å². The summed E-state index contributed by atoms with van der Waals surface area (Å²) in [5.74, 6) is 0.804. The minimum atomic E-state index is -0.975. The minimum Gasteiger partial charge on any atom is -0.345 e. The molecule has 0 spiro atoms. The van der Waals surface area contributed by atoms with Crippen LogP contribution in [0.1, 0.15) is 19.8 Å². The number of hydrogen-bond donors (Lipinski definition) is 0. The number of halogens is 1. The normalized spacial score (nSPS) is 12.5. The van der Waals surface area contributed by atoms with Gasteiger partial charge in [0.1, 0.15) is 5.75 Å². The van der Waals surface area contributed by atoms with Crippen molar-refractivity contribution in [3.8, 4) is 0 Å². The van der Waals surface area contributed by atoms with E-state index in [2.05, 4.69) is 29.5 Å². The first-order valence-electron chi connectivity index (χ1n) is 4.76. The Morgan fingerprint density at radius 2 is 2.14 bits per heavy atom. The number of amides is 1. The molecule has 0 saturated carbocycles. The highest BCUT2D eigenvalue weighted by atomic mass is 127. The number of carbonyl (C=O) groups is 1. The van der Waals surface area contributed by atoms with Crippen LogP contribution in [-0.4, -0.2) is 44.5 Å². The highest BCUT2D eigenvalue weighted by Crippen LogP contribution is 1.95. The van der Waals surface area contributed by atoms with Gasteiger partial charge >= 0.3 is 0 Å². The fraction of sp³-hybridized carbons (Fsp3) is 0.889. The second-order valence-corrected chi connectivity index (χ2v) is 5.80. The Balaban J connectivity index is 3.76. The molecule has 0 rings (SSSR count). The van der Waals surface area contributed by atoms with E-state index in [1.807, 2.05) is 0 Å². The van der Waals surface area contributed by atoms with E-state index in [1.165, 1.54) is 0 Å². The van der Waals surface area contributed by atoms with Crippen molar-refractivity contribution in [1.29, 1.82) is 0 Å². The van der Waals surface area contributed by atoms with Gasteiger partial charge in [0.15, 0.2) is 0 Å². The fourth-order valence-electron chi connectivity index (χ4n) is 0.926. The molecule has 0 aliphatic heterocycles. The van der Waals surface area contributed by atoms with Crippen LogP contribution in [0.5, 0.6) is 0 Å². The van der Waals surface area contributed by atoms with Crippen LogP contribution in [0.15, 0.2) is 0 Å². The van der Waals surface area contributed by atoms with Crippen LogP contribution in [0.3, 0.4) is 0 Å². The summed E-state index contributed by atoms with van der Waals surface area (Å²) in [7, 11) is 0.802. The summed E-state index contributed by atoms with van der Waals surface area (Å²) < 4.78 is 12.1. The molecule has 0 aromatic rings. The van der Waals surface area contributed by atoms with E-state index in [1.54, 1.807) is 11.9 Å². The first kappa shape index (κ1) is 14.3. The third-order valence-corrected chi connectivity index (χ3v) is 4.36. The van der Waals surface area contributed by atoms with Gasteiger partial charge in [-0.25, -0.2) is 0 Å². The molecule has 84 valence electrons. The van der Waals surface area contributed by atoms with Crippen molar-refractivity contribution in [2.45, 2.75) is 19.8 Å². The number of rotatable bonds is 7. The smallest absolute Gasteiger partial charge is 0.234 e. The van der Waals surface area contributed by atoms with Gasteiger partial charge in [0, 0.05) is 34.6 Å². The van der Waals surface area contributed by atoms with Crippen LogP contribution >= 0.6 is 22.6 Å². The Morgan fingerprint density at radius 1 is 1.50 bits per heavy atom. The molecule has 0 aliphatic carbocycles. The van der Waals surface area contributed by atoms with E-state index >= 15 is 0 Å². The molecule has 0 heterocycles. The van der Waals surface area contributed by atoms with Crippen molar-refractivity contribution < 1.29 is 9.00 Å². The van der Waals surface area contributed by atoms with Gasteiger partial charge in [0.2, 0.25) is 5.91 Å². The summed E-state index contributed by atoms with van der Waals surface area (Å²) in [5, 5.41) is 0. The zero-order chi connectivity index (χ0) is 11.0. The molecule has 0 fully saturated rings. The van der Waals surface area contributed by atoms with Gasteiger partial charge in [-0.3, -0.25) is 9.00 Å². The summed E-state index contributed by atoms with van der Waals surface area (Å²) in [4.78, 5) is 13.1. The zero-order valence-electron chi connectivity index (χ0n) is 8.79. The fourth-order valence-corrected chi connectivity index (χ4v) is 3.21. The van der Waals surface area contributed by atoms with Crippen LogP contribution in [0.25, 0.3) is 0 Å². The Morgan fingerprint density at radius 3 is 2.64 bits per heavy atom. The lowest BCUT2D eigenvalue weighted by molar-refractivity contribution is -0.127.